The van der Waals surface area contributed by atoms with Gasteiger partial charge in [-0.3, -0.25) is 4.79 Å². The summed E-state index contributed by atoms with van der Waals surface area (Å²) in [5.74, 6) is 2.02. The highest BCUT2D eigenvalue weighted by atomic mass is 16.5. The molecule has 0 aromatic heterocycles. The number of nitrogens with one attached hydrogen (secondary N) is 1. The van der Waals surface area contributed by atoms with Crippen LogP contribution in [0.3, 0.4) is 0 Å². The van der Waals surface area contributed by atoms with Crippen LogP contribution in [0, 0.1) is 5.92 Å². The van der Waals surface area contributed by atoms with Gasteiger partial charge >= 0.3 is 0 Å². The summed E-state index contributed by atoms with van der Waals surface area (Å²) in [5.41, 5.74) is 3.76. The van der Waals surface area contributed by atoms with Gasteiger partial charge in [0, 0.05) is 18.5 Å². The Morgan fingerprint density at radius 3 is 2.55 bits per heavy atom. The summed E-state index contributed by atoms with van der Waals surface area (Å²) in [5, 5.41) is 2.99. The summed E-state index contributed by atoms with van der Waals surface area (Å²) in [4.78, 5) is 15.2. The van der Waals surface area contributed by atoms with Crippen LogP contribution in [0.1, 0.15) is 43.2 Å². The molecule has 1 unspecified atom stereocenters. The minimum absolute atomic E-state index is 0.0507. The van der Waals surface area contributed by atoms with E-state index in [9.17, 15) is 4.79 Å². The van der Waals surface area contributed by atoms with Gasteiger partial charge in [0.2, 0.25) is 5.91 Å². The molecule has 1 aliphatic heterocycles. The third kappa shape index (κ3) is 5.40. The van der Waals surface area contributed by atoms with Crippen molar-refractivity contribution in [3.05, 3.63) is 53.6 Å². The number of ether oxygens (including phenoxy) is 2. The number of piperidine rings is 1. The Labute approximate surface area is 185 Å². The molecule has 0 saturated carbocycles. The van der Waals surface area contributed by atoms with E-state index < -0.39 is 0 Å². The first-order chi connectivity index (χ1) is 15.2. The average Bonchev–Trinajstić information content (AvgIpc) is 2.83. The van der Waals surface area contributed by atoms with Crippen LogP contribution in [0.4, 0.5) is 5.69 Å². The minimum Gasteiger partial charge on any atom is -0.497 e. The maximum Gasteiger partial charge on any atom is 0.224 e. The smallest absolute Gasteiger partial charge is 0.224 e. The van der Waals surface area contributed by atoms with Gasteiger partial charge in [0.1, 0.15) is 11.5 Å². The minimum atomic E-state index is 0.0507. The van der Waals surface area contributed by atoms with E-state index in [-0.39, 0.29) is 5.91 Å². The van der Waals surface area contributed by atoms with E-state index in [4.69, 9.17) is 9.47 Å². The van der Waals surface area contributed by atoms with Gasteiger partial charge in [0.25, 0.3) is 0 Å². The van der Waals surface area contributed by atoms with Crippen molar-refractivity contribution in [3.63, 3.8) is 0 Å². The molecule has 1 atom stereocenters. The van der Waals surface area contributed by atoms with Crippen molar-refractivity contribution in [1.29, 1.82) is 0 Å². The second-order valence-electron chi connectivity index (χ2n) is 8.80. The standard InChI is InChI=1S/C26H34N2O3/c1-30-23-10-11-24(25(18-23)31-2)27-26(29)12-7-19-13-15-28(16-14-19)22-9-8-20-5-3-4-6-21(20)17-22/h3-6,10-11,18-19,22H,7-9,12-17H2,1-2H3,(H,27,29). The lowest BCUT2D eigenvalue weighted by Crippen LogP contribution is -2.44. The van der Waals surface area contributed by atoms with Gasteiger partial charge in [0.05, 0.1) is 19.9 Å². The second kappa shape index (κ2) is 10.2. The van der Waals surface area contributed by atoms with Gasteiger partial charge in [-0.1, -0.05) is 24.3 Å². The van der Waals surface area contributed by atoms with Gasteiger partial charge in [0.15, 0.2) is 0 Å². The average molecular weight is 423 g/mol. The van der Waals surface area contributed by atoms with Crippen molar-refractivity contribution in [1.82, 2.24) is 4.90 Å². The van der Waals surface area contributed by atoms with Crippen LogP contribution < -0.4 is 14.8 Å². The maximum absolute atomic E-state index is 12.5. The zero-order chi connectivity index (χ0) is 21.6. The predicted molar refractivity (Wildman–Crippen MR) is 124 cm³/mol. The van der Waals surface area contributed by atoms with Crippen LogP contribution in [-0.2, 0) is 17.6 Å². The number of carbonyl (C=O) groups is 1. The monoisotopic (exact) mass is 422 g/mol. The molecule has 4 rings (SSSR count). The Morgan fingerprint density at radius 2 is 1.81 bits per heavy atom. The van der Waals surface area contributed by atoms with Crippen molar-refractivity contribution in [2.45, 2.75) is 51.0 Å². The largest absolute Gasteiger partial charge is 0.497 e. The number of amides is 1. The Bertz CT molecular complexity index is 890. The molecule has 0 bridgehead atoms. The lowest BCUT2D eigenvalue weighted by atomic mass is 9.85. The predicted octanol–water partition coefficient (Wildman–Crippen LogP) is 4.69. The lowest BCUT2D eigenvalue weighted by molar-refractivity contribution is -0.116. The van der Waals surface area contributed by atoms with Gasteiger partial charge in [-0.2, -0.15) is 0 Å². The van der Waals surface area contributed by atoms with Crippen LogP contribution in [0.15, 0.2) is 42.5 Å². The lowest BCUT2D eigenvalue weighted by Gasteiger charge is -2.39. The molecule has 31 heavy (non-hydrogen) atoms. The van der Waals surface area contributed by atoms with Gasteiger partial charge in [-0.05, 0) is 80.8 Å². The third-order valence-electron chi connectivity index (χ3n) is 6.95. The summed E-state index contributed by atoms with van der Waals surface area (Å²) >= 11 is 0. The van der Waals surface area contributed by atoms with E-state index in [2.05, 4.69) is 34.5 Å². The van der Waals surface area contributed by atoms with E-state index in [1.54, 1.807) is 20.3 Å². The van der Waals surface area contributed by atoms with E-state index in [0.29, 0.717) is 35.6 Å². The Morgan fingerprint density at radius 1 is 1.03 bits per heavy atom. The van der Waals surface area contributed by atoms with Crippen molar-refractivity contribution in [2.75, 3.05) is 32.6 Å². The number of carbonyl (C=O) groups excluding carboxylic acids is 1. The Kier molecular flexibility index (Phi) is 7.13. The van der Waals surface area contributed by atoms with Gasteiger partial charge in [-0.15, -0.1) is 0 Å². The van der Waals surface area contributed by atoms with E-state index in [0.717, 1.165) is 19.5 Å². The molecule has 1 amide bonds. The molecule has 166 valence electrons. The molecule has 2 aromatic carbocycles. The molecule has 1 saturated heterocycles. The molecular formula is C26H34N2O3. The fraction of sp³-hybridized carbons (Fsp3) is 0.500. The van der Waals surface area contributed by atoms with Crippen LogP contribution >= 0.6 is 0 Å². The van der Waals surface area contributed by atoms with Crippen LogP contribution in [-0.4, -0.2) is 44.2 Å². The number of anilines is 1. The zero-order valence-corrected chi connectivity index (χ0v) is 18.7. The van der Waals surface area contributed by atoms with Gasteiger partial charge < -0.3 is 19.7 Å². The van der Waals surface area contributed by atoms with Crippen molar-refractivity contribution < 1.29 is 14.3 Å². The molecular weight excluding hydrogens is 388 g/mol. The summed E-state index contributed by atoms with van der Waals surface area (Å²) in [6, 6.07) is 15.0. The molecule has 0 radical (unpaired) electrons. The summed E-state index contributed by atoms with van der Waals surface area (Å²) < 4.78 is 10.6. The SMILES string of the molecule is COc1ccc(NC(=O)CCC2CCN(C3CCc4ccccc4C3)CC2)c(OC)c1. The molecule has 0 spiro atoms. The molecule has 2 aliphatic rings. The number of aryl methyl sites for hydroxylation is 1. The summed E-state index contributed by atoms with van der Waals surface area (Å²) in [7, 11) is 3.22. The number of hydrogen-bond acceptors (Lipinski definition) is 4. The van der Waals surface area contributed by atoms with Crippen LogP contribution in [0.5, 0.6) is 11.5 Å². The molecule has 5 heteroatoms. The maximum atomic E-state index is 12.5. The quantitative estimate of drug-likeness (QED) is 0.703. The summed E-state index contributed by atoms with van der Waals surface area (Å²) in [6.07, 6.45) is 7.55. The second-order valence-corrected chi connectivity index (χ2v) is 8.80. The molecule has 5 nitrogen and oxygen atoms in total. The van der Waals surface area contributed by atoms with E-state index in [1.165, 1.54) is 43.2 Å². The topological polar surface area (TPSA) is 50.8 Å². The third-order valence-corrected chi connectivity index (χ3v) is 6.95. The molecule has 2 aromatic rings. The summed E-state index contributed by atoms with van der Waals surface area (Å²) in [6.45, 7) is 2.32. The van der Waals surface area contributed by atoms with Crippen molar-refractivity contribution in [2.24, 2.45) is 5.92 Å². The van der Waals surface area contributed by atoms with Crippen LogP contribution in [0.25, 0.3) is 0 Å². The van der Waals surface area contributed by atoms with Crippen LogP contribution in [0.2, 0.25) is 0 Å². The first-order valence-corrected chi connectivity index (χ1v) is 11.5. The van der Waals surface area contributed by atoms with Gasteiger partial charge in [-0.25, -0.2) is 0 Å². The number of benzene rings is 2. The first-order valence-electron chi connectivity index (χ1n) is 11.5. The Hall–Kier alpha value is -2.53. The number of fused-ring (bicyclic) bond motifs is 1. The number of nitrogens with zero attached hydrogens (tertiary/aromatic N) is 1. The fourth-order valence-corrected chi connectivity index (χ4v) is 5.05. The fourth-order valence-electron chi connectivity index (χ4n) is 5.05. The highest BCUT2D eigenvalue weighted by Gasteiger charge is 2.28. The highest BCUT2D eigenvalue weighted by Crippen LogP contribution is 2.31. The number of hydrogen-bond donors (Lipinski definition) is 1. The molecule has 1 fully saturated rings. The zero-order valence-electron chi connectivity index (χ0n) is 18.7. The van der Waals surface area contributed by atoms with E-state index >= 15 is 0 Å². The normalized spacial score (nSPS) is 19.5. The number of likely N-dealkylation sites (tertiary alicyclic amines) is 1. The number of rotatable bonds is 7. The molecule has 1 heterocycles. The number of methoxy groups -OCH3 is 2. The molecule has 1 aliphatic carbocycles. The highest BCUT2D eigenvalue weighted by molar-refractivity contribution is 5.92. The van der Waals surface area contributed by atoms with Crippen molar-refractivity contribution in [3.8, 4) is 11.5 Å². The van der Waals surface area contributed by atoms with E-state index in [1.807, 2.05) is 12.1 Å². The van der Waals surface area contributed by atoms with Crippen molar-refractivity contribution >= 4 is 11.6 Å². The Balaban J connectivity index is 1.21. The molecule has 1 N–H and O–H groups in total. The first kappa shape index (κ1) is 21.7.